The third-order valence-electron chi connectivity index (χ3n) is 2.71. The van der Waals surface area contributed by atoms with Gasteiger partial charge in [0.1, 0.15) is 0 Å². The van der Waals surface area contributed by atoms with E-state index < -0.39 is 14.9 Å². The summed E-state index contributed by atoms with van der Waals surface area (Å²) in [4.78, 5) is 9.98. The van der Waals surface area contributed by atoms with Gasteiger partial charge in [-0.25, -0.2) is 8.42 Å². The van der Waals surface area contributed by atoms with Crippen LogP contribution in [0.5, 0.6) is 0 Å². The molecule has 1 aliphatic heterocycles. The number of hydrogen-bond acceptors (Lipinski definition) is 4. The third kappa shape index (κ3) is 2.62. The highest BCUT2D eigenvalue weighted by molar-refractivity contribution is 7.89. The van der Waals surface area contributed by atoms with Gasteiger partial charge in [0.2, 0.25) is 10.0 Å². The molecule has 0 radical (unpaired) electrons. The lowest BCUT2D eigenvalue weighted by Gasteiger charge is -2.13. The SMILES string of the molecule is O=[N+]([O-])c1ccc(CN2CCCS2(=O)=O)cc1. The molecule has 1 aromatic rings. The van der Waals surface area contributed by atoms with Gasteiger partial charge in [-0.05, 0) is 12.0 Å². The molecular formula is C10H12N2O4S. The van der Waals surface area contributed by atoms with Crippen LogP contribution in [-0.2, 0) is 16.6 Å². The monoisotopic (exact) mass is 256 g/mol. The van der Waals surface area contributed by atoms with E-state index in [-0.39, 0.29) is 11.4 Å². The number of non-ortho nitro benzene ring substituents is 1. The third-order valence-corrected chi connectivity index (χ3v) is 4.61. The number of hydrogen-bond donors (Lipinski definition) is 0. The lowest BCUT2D eigenvalue weighted by atomic mass is 10.2. The van der Waals surface area contributed by atoms with Gasteiger partial charge < -0.3 is 0 Å². The quantitative estimate of drug-likeness (QED) is 0.599. The predicted molar refractivity (Wildman–Crippen MR) is 61.9 cm³/mol. The molecule has 92 valence electrons. The number of rotatable bonds is 3. The standard InChI is InChI=1S/C10H12N2O4S/c13-12(14)10-4-2-9(3-5-10)8-11-6-1-7-17(11,15)16/h2-5H,1,6-8H2. The van der Waals surface area contributed by atoms with Crippen LogP contribution in [0.15, 0.2) is 24.3 Å². The number of nitrogens with zero attached hydrogens (tertiary/aromatic N) is 2. The Morgan fingerprint density at radius 2 is 1.94 bits per heavy atom. The van der Waals surface area contributed by atoms with Gasteiger partial charge in [0.05, 0.1) is 10.7 Å². The number of benzene rings is 1. The highest BCUT2D eigenvalue weighted by Gasteiger charge is 2.27. The second-order valence-corrected chi connectivity index (χ2v) is 6.02. The molecule has 0 aliphatic carbocycles. The van der Waals surface area contributed by atoms with Gasteiger partial charge in [0.15, 0.2) is 0 Å². The van der Waals surface area contributed by atoms with Gasteiger partial charge in [0.25, 0.3) is 5.69 Å². The van der Waals surface area contributed by atoms with E-state index in [1.165, 1.54) is 16.4 Å². The van der Waals surface area contributed by atoms with Crippen molar-refractivity contribution in [3.05, 3.63) is 39.9 Å². The average molecular weight is 256 g/mol. The molecule has 7 heteroatoms. The summed E-state index contributed by atoms with van der Waals surface area (Å²) in [5.41, 5.74) is 0.777. The van der Waals surface area contributed by atoms with Crippen molar-refractivity contribution in [2.24, 2.45) is 0 Å². The van der Waals surface area contributed by atoms with E-state index in [1.54, 1.807) is 12.1 Å². The molecule has 1 heterocycles. The summed E-state index contributed by atoms with van der Waals surface area (Å²) in [6.45, 7) is 0.819. The first-order valence-corrected chi connectivity index (χ1v) is 6.81. The molecule has 17 heavy (non-hydrogen) atoms. The van der Waals surface area contributed by atoms with Gasteiger partial charge in [-0.2, -0.15) is 4.31 Å². The van der Waals surface area contributed by atoms with Crippen LogP contribution in [0.3, 0.4) is 0 Å². The summed E-state index contributed by atoms with van der Waals surface area (Å²) in [5.74, 6) is 0.194. The van der Waals surface area contributed by atoms with Crippen molar-refractivity contribution in [3.63, 3.8) is 0 Å². The minimum atomic E-state index is -3.11. The Balaban J connectivity index is 2.12. The van der Waals surface area contributed by atoms with Gasteiger partial charge >= 0.3 is 0 Å². The summed E-state index contributed by atoms with van der Waals surface area (Å²) in [6, 6.07) is 5.95. The topological polar surface area (TPSA) is 80.5 Å². The van der Waals surface area contributed by atoms with Crippen molar-refractivity contribution in [1.82, 2.24) is 4.31 Å². The molecule has 0 unspecified atom stereocenters. The number of nitro groups is 1. The van der Waals surface area contributed by atoms with Crippen LogP contribution in [0.2, 0.25) is 0 Å². The molecule has 0 atom stereocenters. The van der Waals surface area contributed by atoms with Crippen LogP contribution >= 0.6 is 0 Å². The summed E-state index contributed by atoms with van der Waals surface area (Å²) in [6.07, 6.45) is 0.648. The van der Waals surface area contributed by atoms with Crippen molar-refractivity contribution in [2.75, 3.05) is 12.3 Å². The van der Waals surface area contributed by atoms with Crippen molar-refractivity contribution < 1.29 is 13.3 Å². The van der Waals surface area contributed by atoms with Gasteiger partial charge in [0, 0.05) is 25.2 Å². The molecule has 2 rings (SSSR count). The van der Waals surface area contributed by atoms with Crippen molar-refractivity contribution in [1.29, 1.82) is 0 Å². The van der Waals surface area contributed by atoms with Gasteiger partial charge in [-0.15, -0.1) is 0 Å². The van der Waals surface area contributed by atoms with E-state index in [0.29, 0.717) is 19.5 Å². The van der Waals surface area contributed by atoms with Crippen LogP contribution in [-0.4, -0.2) is 29.9 Å². The van der Waals surface area contributed by atoms with Gasteiger partial charge in [-0.3, -0.25) is 10.1 Å². The van der Waals surface area contributed by atoms with Crippen LogP contribution in [0.1, 0.15) is 12.0 Å². The Bertz CT molecular complexity index is 524. The fraction of sp³-hybridized carbons (Fsp3) is 0.400. The molecule has 1 aliphatic rings. The highest BCUT2D eigenvalue weighted by Crippen LogP contribution is 2.19. The Morgan fingerprint density at radius 3 is 2.41 bits per heavy atom. The number of sulfonamides is 1. The molecule has 0 saturated carbocycles. The maximum Gasteiger partial charge on any atom is 0.269 e. The van der Waals surface area contributed by atoms with E-state index in [9.17, 15) is 18.5 Å². The zero-order valence-electron chi connectivity index (χ0n) is 9.07. The first-order chi connectivity index (χ1) is 7.99. The summed E-state index contributed by atoms with van der Waals surface area (Å²) in [5, 5.41) is 10.5. The lowest BCUT2D eigenvalue weighted by Crippen LogP contribution is -2.25. The molecule has 6 nitrogen and oxygen atoms in total. The maximum atomic E-state index is 11.6. The zero-order valence-corrected chi connectivity index (χ0v) is 9.89. The Morgan fingerprint density at radius 1 is 1.29 bits per heavy atom. The smallest absolute Gasteiger partial charge is 0.258 e. The molecule has 1 fully saturated rings. The normalized spacial score (nSPS) is 19.3. The Labute approximate surface area is 99.1 Å². The second-order valence-electron chi connectivity index (χ2n) is 3.93. The van der Waals surface area contributed by atoms with E-state index in [1.807, 2.05) is 0 Å². The fourth-order valence-electron chi connectivity index (χ4n) is 1.80. The van der Waals surface area contributed by atoms with Crippen molar-refractivity contribution in [2.45, 2.75) is 13.0 Å². The molecule has 0 N–H and O–H groups in total. The molecule has 0 bridgehead atoms. The zero-order chi connectivity index (χ0) is 12.5. The van der Waals surface area contributed by atoms with E-state index in [4.69, 9.17) is 0 Å². The number of nitro benzene ring substituents is 1. The molecular weight excluding hydrogens is 244 g/mol. The summed E-state index contributed by atoms with van der Waals surface area (Å²) in [7, 11) is -3.11. The molecule has 0 amide bonds. The van der Waals surface area contributed by atoms with Crippen LogP contribution < -0.4 is 0 Å². The van der Waals surface area contributed by atoms with Crippen LogP contribution in [0.25, 0.3) is 0 Å². The van der Waals surface area contributed by atoms with Crippen LogP contribution in [0.4, 0.5) is 5.69 Å². The molecule has 1 aromatic carbocycles. The lowest BCUT2D eigenvalue weighted by molar-refractivity contribution is -0.384. The Hall–Kier alpha value is -1.47. The van der Waals surface area contributed by atoms with Gasteiger partial charge in [-0.1, -0.05) is 12.1 Å². The van der Waals surface area contributed by atoms with Crippen molar-refractivity contribution in [3.8, 4) is 0 Å². The average Bonchev–Trinajstić information content (AvgIpc) is 2.59. The minimum Gasteiger partial charge on any atom is -0.258 e. The largest absolute Gasteiger partial charge is 0.269 e. The molecule has 0 aromatic heterocycles. The minimum absolute atomic E-state index is 0.0121. The summed E-state index contributed by atoms with van der Waals surface area (Å²) < 4.78 is 24.5. The van der Waals surface area contributed by atoms with Crippen molar-refractivity contribution >= 4 is 15.7 Å². The van der Waals surface area contributed by atoms with Crippen LogP contribution in [0, 0.1) is 10.1 Å². The van der Waals surface area contributed by atoms with E-state index in [2.05, 4.69) is 0 Å². The first kappa shape index (κ1) is 12.0. The maximum absolute atomic E-state index is 11.6. The highest BCUT2D eigenvalue weighted by atomic mass is 32.2. The van der Waals surface area contributed by atoms with E-state index >= 15 is 0 Å². The Kier molecular flexibility index (Phi) is 3.12. The second kappa shape index (κ2) is 4.42. The summed E-state index contributed by atoms with van der Waals surface area (Å²) >= 11 is 0. The fourth-order valence-corrected chi connectivity index (χ4v) is 3.30. The molecule has 0 spiro atoms. The predicted octanol–water partition coefficient (Wildman–Crippen LogP) is 1.13. The first-order valence-electron chi connectivity index (χ1n) is 5.20. The van der Waals surface area contributed by atoms with E-state index in [0.717, 1.165) is 5.56 Å². The molecule has 1 saturated heterocycles.